The molecule has 0 aromatic heterocycles. The topological polar surface area (TPSA) is 0 Å². The van der Waals surface area contributed by atoms with Crippen LogP contribution < -0.4 is 0 Å². The molecule has 0 spiro atoms. The fourth-order valence-corrected chi connectivity index (χ4v) is 7.28. The lowest BCUT2D eigenvalue weighted by molar-refractivity contribution is 0.543. The molecule has 1 aliphatic carbocycles. The lowest BCUT2D eigenvalue weighted by Crippen LogP contribution is -2.09. The molecular formula is C12H24P+. The predicted molar refractivity (Wildman–Crippen MR) is 63.2 cm³/mol. The van der Waals surface area contributed by atoms with Gasteiger partial charge in [-0.25, -0.2) is 0 Å². The quantitative estimate of drug-likeness (QED) is 0.603. The van der Waals surface area contributed by atoms with E-state index in [1.165, 1.54) is 12.8 Å². The summed E-state index contributed by atoms with van der Waals surface area (Å²) in [6.07, 6.45) is 7.67. The molecule has 1 aliphatic heterocycles. The van der Waals surface area contributed by atoms with Crippen LogP contribution in [0.1, 0.15) is 39.5 Å². The zero-order chi connectivity index (χ0) is 9.69. The molecule has 1 saturated carbocycles. The Kier molecular flexibility index (Phi) is 2.27. The summed E-state index contributed by atoms with van der Waals surface area (Å²) >= 11 is 0. The monoisotopic (exact) mass is 199 g/mol. The van der Waals surface area contributed by atoms with Gasteiger partial charge in [0.05, 0.1) is 6.16 Å². The summed E-state index contributed by atoms with van der Waals surface area (Å²) < 4.78 is 0. The Morgan fingerprint density at radius 3 is 2.23 bits per heavy atom. The molecule has 2 fully saturated rings. The highest BCUT2D eigenvalue weighted by Gasteiger charge is 2.68. The van der Waals surface area contributed by atoms with E-state index in [4.69, 9.17) is 0 Å². The summed E-state index contributed by atoms with van der Waals surface area (Å²) in [5.74, 6) is 2.18. The van der Waals surface area contributed by atoms with Gasteiger partial charge in [-0.2, -0.15) is 0 Å². The van der Waals surface area contributed by atoms with Gasteiger partial charge in [0.2, 0.25) is 0 Å². The zero-order valence-corrected chi connectivity index (χ0v) is 10.5. The first kappa shape index (κ1) is 9.97. The van der Waals surface area contributed by atoms with Gasteiger partial charge in [-0.1, -0.05) is 13.8 Å². The van der Waals surface area contributed by atoms with Crippen LogP contribution in [-0.4, -0.2) is 24.6 Å². The molecule has 2 aliphatic rings. The molecule has 3 unspecified atom stereocenters. The van der Waals surface area contributed by atoms with Gasteiger partial charge in [-0.05, 0) is 37.5 Å². The number of hydrogen-bond acceptors (Lipinski definition) is 0. The van der Waals surface area contributed by atoms with E-state index in [0.717, 1.165) is 17.0 Å². The van der Waals surface area contributed by atoms with Crippen molar-refractivity contribution in [3.05, 3.63) is 0 Å². The van der Waals surface area contributed by atoms with E-state index < -0.39 is 7.26 Å². The van der Waals surface area contributed by atoms with Gasteiger partial charge in [0.15, 0.2) is 0 Å². The largest absolute Gasteiger partial charge is 0.112 e. The van der Waals surface area contributed by atoms with E-state index in [-0.39, 0.29) is 0 Å². The van der Waals surface area contributed by atoms with Crippen molar-refractivity contribution in [3.63, 3.8) is 0 Å². The van der Waals surface area contributed by atoms with Crippen molar-refractivity contribution in [2.75, 3.05) is 19.5 Å². The summed E-state index contributed by atoms with van der Waals surface area (Å²) in [6, 6.07) is 0. The van der Waals surface area contributed by atoms with Crippen LogP contribution >= 0.6 is 7.26 Å². The van der Waals surface area contributed by atoms with E-state index in [2.05, 4.69) is 27.2 Å². The Morgan fingerprint density at radius 2 is 1.92 bits per heavy atom. The molecule has 3 atom stereocenters. The first-order chi connectivity index (χ1) is 6.01. The van der Waals surface area contributed by atoms with Gasteiger partial charge in [0, 0.05) is 20.6 Å². The maximum Gasteiger partial charge on any atom is 0.112 e. The minimum absolute atomic E-state index is 0.428. The second kappa shape index (κ2) is 2.96. The van der Waals surface area contributed by atoms with Gasteiger partial charge in [-0.15, -0.1) is 0 Å². The smallest absolute Gasteiger partial charge is 0.0622 e. The zero-order valence-electron chi connectivity index (χ0n) is 9.64. The lowest BCUT2D eigenvalue weighted by atomic mass is 10.0. The van der Waals surface area contributed by atoms with Gasteiger partial charge >= 0.3 is 0 Å². The molecule has 0 aromatic rings. The third-order valence-corrected chi connectivity index (χ3v) is 9.07. The SMILES string of the molecule is CCC1(CCC2CC2C)C[P+]1(C)C. The van der Waals surface area contributed by atoms with Crippen molar-refractivity contribution in [1.82, 2.24) is 0 Å². The molecule has 0 radical (unpaired) electrons. The van der Waals surface area contributed by atoms with Crippen molar-refractivity contribution in [3.8, 4) is 0 Å². The van der Waals surface area contributed by atoms with Gasteiger partial charge in [0.1, 0.15) is 5.16 Å². The maximum absolute atomic E-state index is 2.56. The van der Waals surface area contributed by atoms with E-state index >= 15 is 0 Å². The van der Waals surface area contributed by atoms with Crippen molar-refractivity contribution < 1.29 is 0 Å². The van der Waals surface area contributed by atoms with Crippen LogP contribution in [0.3, 0.4) is 0 Å². The first-order valence-corrected chi connectivity index (χ1v) is 8.71. The summed E-state index contributed by atoms with van der Waals surface area (Å²) in [5.41, 5.74) is 0. The number of rotatable bonds is 4. The van der Waals surface area contributed by atoms with Crippen molar-refractivity contribution in [2.24, 2.45) is 11.8 Å². The van der Waals surface area contributed by atoms with Crippen LogP contribution in [0.15, 0.2) is 0 Å². The van der Waals surface area contributed by atoms with E-state index in [1.807, 2.05) is 0 Å². The Balaban J connectivity index is 1.80. The van der Waals surface area contributed by atoms with Crippen LogP contribution in [-0.2, 0) is 0 Å². The second-order valence-corrected chi connectivity index (χ2v) is 10.6. The van der Waals surface area contributed by atoms with Gasteiger partial charge in [-0.3, -0.25) is 0 Å². The van der Waals surface area contributed by atoms with E-state index in [1.54, 1.807) is 19.0 Å². The minimum Gasteiger partial charge on any atom is -0.0622 e. The molecule has 0 amide bonds. The number of hydrogen-bond donors (Lipinski definition) is 0. The standard InChI is InChI=1S/C12H24P/c1-5-12(9-13(12,3)4)7-6-11-8-10(11)2/h10-11H,5-9H2,1-4H3/q+1. The van der Waals surface area contributed by atoms with Crippen LogP contribution in [0, 0.1) is 11.8 Å². The highest BCUT2D eigenvalue weighted by atomic mass is 31.2. The molecule has 0 N–H and O–H groups in total. The fourth-order valence-electron chi connectivity index (χ4n) is 3.05. The normalized spacial score (nSPS) is 46.2. The fraction of sp³-hybridized carbons (Fsp3) is 1.00. The Bertz CT molecular complexity index is 209. The second-order valence-electron chi connectivity index (χ2n) is 5.93. The molecule has 0 aromatic carbocycles. The summed E-state index contributed by atoms with van der Waals surface area (Å²) in [5, 5.41) is 0.856. The summed E-state index contributed by atoms with van der Waals surface area (Å²) in [6.45, 7) is 9.95. The van der Waals surface area contributed by atoms with Crippen molar-refractivity contribution >= 4 is 7.26 Å². The van der Waals surface area contributed by atoms with Crippen LogP contribution in [0.4, 0.5) is 0 Å². The molecule has 13 heavy (non-hydrogen) atoms. The molecule has 1 heteroatoms. The first-order valence-electron chi connectivity index (χ1n) is 5.84. The third-order valence-electron chi connectivity index (χ3n) is 4.78. The van der Waals surface area contributed by atoms with Crippen molar-refractivity contribution in [1.29, 1.82) is 0 Å². The highest BCUT2D eigenvalue weighted by molar-refractivity contribution is 7.83. The van der Waals surface area contributed by atoms with Gasteiger partial charge in [0.25, 0.3) is 0 Å². The molecule has 0 nitrogen and oxygen atoms in total. The molecule has 76 valence electrons. The average Bonchev–Trinajstić information content (AvgIpc) is 2.87. The van der Waals surface area contributed by atoms with E-state index in [9.17, 15) is 0 Å². The molecular weight excluding hydrogens is 175 g/mol. The minimum atomic E-state index is -0.428. The summed E-state index contributed by atoms with van der Waals surface area (Å²) in [7, 11) is -0.428. The van der Waals surface area contributed by atoms with Crippen LogP contribution in [0.25, 0.3) is 0 Å². The average molecular weight is 199 g/mol. The Morgan fingerprint density at radius 1 is 1.38 bits per heavy atom. The van der Waals surface area contributed by atoms with E-state index in [0.29, 0.717) is 0 Å². The van der Waals surface area contributed by atoms with Crippen LogP contribution in [0.5, 0.6) is 0 Å². The Labute approximate surface area is 83.8 Å². The third kappa shape index (κ3) is 1.67. The van der Waals surface area contributed by atoms with Crippen LogP contribution in [0.2, 0.25) is 0 Å². The highest BCUT2D eigenvalue weighted by Crippen LogP contribution is 2.83. The van der Waals surface area contributed by atoms with Crippen molar-refractivity contribution in [2.45, 2.75) is 44.7 Å². The predicted octanol–water partition coefficient (Wildman–Crippen LogP) is 3.86. The summed E-state index contributed by atoms with van der Waals surface area (Å²) in [4.78, 5) is 0. The van der Waals surface area contributed by atoms with Gasteiger partial charge < -0.3 is 0 Å². The molecule has 0 bridgehead atoms. The molecule has 1 saturated heterocycles. The lowest BCUT2D eigenvalue weighted by Gasteiger charge is -2.11. The molecule has 2 rings (SSSR count). The Hall–Kier alpha value is 0.430. The maximum atomic E-state index is 2.56. The molecule has 1 heterocycles.